The van der Waals surface area contributed by atoms with Crippen LogP contribution in [0, 0.1) is 0 Å². The third kappa shape index (κ3) is 1.63. The Balaban J connectivity index is 2.35. The van der Waals surface area contributed by atoms with Crippen molar-refractivity contribution in [3.63, 3.8) is 0 Å². The Labute approximate surface area is 54.8 Å². The second-order valence-electron chi connectivity index (χ2n) is 2.73. The molecule has 9 heavy (non-hydrogen) atoms. The summed E-state index contributed by atoms with van der Waals surface area (Å²) in [4.78, 5) is 1.97. The second kappa shape index (κ2) is 2.62. The van der Waals surface area contributed by atoms with Crippen LogP contribution < -0.4 is 5.73 Å². The van der Waals surface area contributed by atoms with Crippen LogP contribution in [0.2, 0.25) is 0 Å². The zero-order chi connectivity index (χ0) is 6.85. The molecule has 0 saturated carbocycles. The molecule has 0 aromatic rings. The van der Waals surface area contributed by atoms with E-state index < -0.39 is 6.17 Å². The maximum Gasteiger partial charge on any atom is 0.128 e. The zero-order valence-electron chi connectivity index (χ0n) is 5.68. The monoisotopic (exact) mass is 132 g/mol. The third-order valence-corrected chi connectivity index (χ3v) is 1.79. The number of alkyl halides is 1. The van der Waals surface area contributed by atoms with Gasteiger partial charge in [-0.1, -0.05) is 0 Å². The fourth-order valence-corrected chi connectivity index (χ4v) is 1.07. The molecule has 3 heteroatoms. The maximum atomic E-state index is 12.7. The normalized spacial score (nSPS) is 39.0. The molecule has 0 aromatic carbocycles. The first kappa shape index (κ1) is 6.96. The van der Waals surface area contributed by atoms with E-state index in [2.05, 4.69) is 0 Å². The largest absolute Gasteiger partial charge is 0.325 e. The SMILES string of the molecule is CN1CCC(N)C(F)C1. The van der Waals surface area contributed by atoms with Gasteiger partial charge in [-0.25, -0.2) is 4.39 Å². The third-order valence-electron chi connectivity index (χ3n) is 1.79. The summed E-state index contributed by atoms with van der Waals surface area (Å²) in [5, 5.41) is 0. The molecule has 0 bridgehead atoms. The molecule has 0 amide bonds. The van der Waals surface area contributed by atoms with Gasteiger partial charge in [0.1, 0.15) is 6.17 Å². The van der Waals surface area contributed by atoms with Crippen LogP contribution in [0.1, 0.15) is 6.42 Å². The molecular weight excluding hydrogens is 119 g/mol. The molecular formula is C6H13FN2. The number of nitrogens with zero attached hydrogens (tertiary/aromatic N) is 1. The van der Waals surface area contributed by atoms with E-state index in [1.807, 2.05) is 11.9 Å². The minimum absolute atomic E-state index is 0.221. The second-order valence-corrected chi connectivity index (χ2v) is 2.73. The lowest BCUT2D eigenvalue weighted by molar-refractivity contribution is 0.141. The Bertz CT molecular complexity index is 97.1. The van der Waals surface area contributed by atoms with Gasteiger partial charge < -0.3 is 10.6 Å². The Morgan fingerprint density at radius 2 is 2.33 bits per heavy atom. The summed E-state index contributed by atoms with van der Waals surface area (Å²) in [7, 11) is 1.92. The van der Waals surface area contributed by atoms with Gasteiger partial charge in [0, 0.05) is 12.6 Å². The molecule has 1 aliphatic rings. The van der Waals surface area contributed by atoms with Crippen LogP contribution in [0.15, 0.2) is 0 Å². The number of hydrogen-bond acceptors (Lipinski definition) is 2. The van der Waals surface area contributed by atoms with Crippen molar-refractivity contribution in [2.75, 3.05) is 20.1 Å². The van der Waals surface area contributed by atoms with E-state index in [0.29, 0.717) is 6.54 Å². The van der Waals surface area contributed by atoms with E-state index >= 15 is 0 Å². The van der Waals surface area contributed by atoms with Crippen LogP contribution in [0.3, 0.4) is 0 Å². The van der Waals surface area contributed by atoms with E-state index in [9.17, 15) is 4.39 Å². The van der Waals surface area contributed by atoms with Gasteiger partial charge in [-0.05, 0) is 20.0 Å². The van der Waals surface area contributed by atoms with Gasteiger partial charge in [0.05, 0.1) is 0 Å². The fraction of sp³-hybridized carbons (Fsp3) is 1.00. The number of halogens is 1. The molecule has 1 saturated heterocycles. The summed E-state index contributed by atoms with van der Waals surface area (Å²) >= 11 is 0. The molecule has 2 unspecified atom stereocenters. The molecule has 0 radical (unpaired) electrons. The van der Waals surface area contributed by atoms with Gasteiger partial charge in [0.2, 0.25) is 0 Å². The van der Waals surface area contributed by atoms with Gasteiger partial charge in [0.25, 0.3) is 0 Å². The van der Waals surface area contributed by atoms with E-state index in [0.717, 1.165) is 13.0 Å². The summed E-state index contributed by atoms with van der Waals surface area (Å²) in [6.45, 7) is 1.43. The number of piperidine rings is 1. The Kier molecular flexibility index (Phi) is 2.03. The van der Waals surface area contributed by atoms with Crippen LogP contribution in [0.4, 0.5) is 4.39 Å². The summed E-state index contributed by atoms with van der Waals surface area (Å²) in [5.41, 5.74) is 5.44. The minimum atomic E-state index is -0.816. The zero-order valence-corrected chi connectivity index (χ0v) is 5.68. The standard InChI is InChI=1S/C6H13FN2/c1-9-3-2-6(8)5(7)4-9/h5-6H,2-4,8H2,1H3. The molecule has 1 aliphatic heterocycles. The molecule has 0 aromatic heterocycles. The van der Waals surface area contributed by atoms with E-state index in [1.165, 1.54) is 0 Å². The highest BCUT2D eigenvalue weighted by molar-refractivity contribution is 4.80. The topological polar surface area (TPSA) is 29.3 Å². The molecule has 1 heterocycles. The van der Waals surface area contributed by atoms with Crippen molar-refractivity contribution in [3.05, 3.63) is 0 Å². The van der Waals surface area contributed by atoms with Crippen molar-refractivity contribution in [2.24, 2.45) is 5.73 Å². The molecule has 2 N–H and O–H groups in total. The van der Waals surface area contributed by atoms with Gasteiger partial charge in [0.15, 0.2) is 0 Å². The fourth-order valence-electron chi connectivity index (χ4n) is 1.07. The van der Waals surface area contributed by atoms with Crippen LogP contribution in [-0.2, 0) is 0 Å². The molecule has 0 aliphatic carbocycles. The number of nitrogens with two attached hydrogens (primary N) is 1. The first-order valence-electron chi connectivity index (χ1n) is 3.28. The minimum Gasteiger partial charge on any atom is -0.325 e. The van der Waals surface area contributed by atoms with Gasteiger partial charge in [-0.2, -0.15) is 0 Å². The predicted octanol–water partition coefficient (Wildman–Crippen LogP) is -0.0127. The van der Waals surface area contributed by atoms with E-state index in [1.54, 1.807) is 0 Å². The lowest BCUT2D eigenvalue weighted by Crippen LogP contribution is -2.46. The van der Waals surface area contributed by atoms with Crippen molar-refractivity contribution in [2.45, 2.75) is 18.6 Å². The smallest absolute Gasteiger partial charge is 0.128 e. The highest BCUT2D eigenvalue weighted by atomic mass is 19.1. The van der Waals surface area contributed by atoms with Crippen LogP contribution in [0.25, 0.3) is 0 Å². The lowest BCUT2D eigenvalue weighted by Gasteiger charge is -2.29. The lowest BCUT2D eigenvalue weighted by atomic mass is 10.1. The van der Waals surface area contributed by atoms with Crippen LogP contribution >= 0.6 is 0 Å². The summed E-state index contributed by atoms with van der Waals surface area (Å²) in [6.07, 6.45) is -0.0266. The molecule has 2 atom stereocenters. The van der Waals surface area contributed by atoms with Gasteiger partial charge in [-0.15, -0.1) is 0 Å². The summed E-state index contributed by atoms with van der Waals surface area (Å²) in [5.74, 6) is 0. The predicted molar refractivity (Wildman–Crippen MR) is 35.0 cm³/mol. The van der Waals surface area contributed by atoms with Gasteiger partial charge in [-0.3, -0.25) is 0 Å². The quantitative estimate of drug-likeness (QED) is 0.502. The van der Waals surface area contributed by atoms with E-state index in [-0.39, 0.29) is 6.04 Å². The summed E-state index contributed by atoms with van der Waals surface area (Å²) in [6, 6.07) is -0.221. The van der Waals surface area contributed by atoms with Crippen LogP contribution in [-0.4, -0.2) is 37.3 Å². The molecule has 0 spiro atoms. The Hall–Kier alpha value is -0.150. The Morgan fingerprint density at radius 1 is 1.67 bits per heavy atom. The van der Waals surface area contributed by atoms with Gasteiger partial charge >= 0.3 is 0 Å². The first-order chi connectivity index (χ1) is 4.20. The Morgan fingerprint density at radius 3 is 2.78 bits per heavy atom. The average Bonchev–Trinajstić information content (AvgIpc) is 1.80. The molecule has 1 fully saturated rings. The van der Waals surface area contributed by atoms with Crippen molar-refractivity contribution < 1.29 is 4.39 Å². The molecule has 1 rings (SSSR count). The molecule has 2 nitrogen and oxygen atoms in total. The van der Waals surface area contributed by atoms with Crippen molar-refractivity contribution in [3.8, 4) is 0 Å². The highest BCUT2D eigenvalue weighted by Gasteiger charge is 2.23. The van der Waals surface area contributed by atoms with Crippen molar-refractivity contribution in [1.82, 2.24) is 4.90 Å². The highest BCUT2D eigenvalue weighted by Crippen LogP contribution is 2.09. The number of likely N-dealkylation sites (tertiary alicyclic amines) is 1. The molecule has 54 valence electrons. The first-order valence-corrected chi connectivity index (χ1v) is 3.28. The summed E-state index contributed by atoms with van der Waals surface area (Å²) < 4.78 is 12.7. The van der Waals surface area contributed by atoms with E-state index in [4.69, 9.17) is 5.73 Å². The van der Waals surface area contributed by atoms with Crippen LogP contribution in [0.5, 0.6) is 0 Å². The van der Waals surface area contributed by atoms with Crippen molar-refractivity contribution >= 4 is 0 Å². The average molecular weight is 132 g/mol. The number of rotatable bonds is 0. The maximum absolute atomic E-state index is 12.7. The number of hydrogen-bond donors (Lipinski definition) is 1. The van der Waals surface area contributed by atoms with Crippen molar-refractivity contribution in [1.29, 1.82) is 0 Å².